The summed E-state index contributed by atoms with van der Waals surface area (Å²) in [6.07, 6.45) is 0.736. The molecule has 18 heavy (non-hydrogen) atoms. The molecule has 98 valence electrons. The van der Waals surface area contributed by atoms with Crippen molar-refractivity contribution in [2.24, 2.45) is 5.73 Å². The number of fused-ring (bicyclic) bond motifs is 1. The fourth-order valence-electron chi connectivity index (χ4n) is 1.83. The molecule has 4 N–H and O–H groups in total. The molecule has 0 aliphatic carbocycles. The summed E-state index contributed by atoms with van der Waals surface area (Å²) in [7, 11) is 0. The van der Waals surface area contributed by atoms with Crippen LogP contribution in [0.3, 0.4) is 0 Å². The number of hydrogen-bond acceptors (Lipinski definition) is 4. The van der Waals surface area contributed by atoms with Crippen LogP contribution in [0.1, 0.15) is 24.9 Å². The summed E-state index contributed by atoms with van der Waals surface area (Å²) in [6, 6.07) is 3.25. The number of benzene rings is 1. The first kappa shape index (κ1) is 13.9. The molecule has 0 spiro atoms. The van der Waals surface area contributed by atoms with Crippen molar-refractivity contribution in [1.82, 2.24) is 0 Å². The lowest BCUT2D eigenvalue weighted by atomic mass is 10.1. The normalized spacial score (nSPS) is 19.6. The predicted molar refractivity (Wildman–Crippen MR) is 76.7 cm³/mol. The van der Waals surface area contributed by atoms with Crippen molar-refractivity contribution in [2.45, 2.75) is 29.5 Å². The Morgan fingerprint density at radius 1 is 1.61 bits per heavy atom. The van der Waals surface area contributed by atoms with Crippen LogP contribution in [0.2, 0.25) is 0 Å². The van der Waals surface area contributed by atoms with Crippen molar-refractivity contribution in [1.29, 1.82) is 0 Å². The van der Waals surface area contributed by atoms with E-state index in [9.17, 15) is 4.79 Å². The smallest absolute Gasteiger partial charge is 0.245 e. The third-order valence-electron chi connectivity index (χ3n) is 2.84. The minimum atomic E-state index is -0.579. The van der Waals surface area contributed by atoms with Gasteiger partial charge in [-0.15, -0.1) is 11.8 Å². The molecule has 2 atom stereocenters. The van der Waals surface area contributed by atoms with Crippen LogP contribution in [0.4, 0.5) is 5.69 Å². The van der Waals surface area contributed by atoms with Crippen LogP contribution >= 0.6 is 27.7 Å². The Balaban J connectivity index is 2.24. The summed E-state index contributed by atoms with van der Waals surface area (Å²) < 4.78 is 0.933. The number of rotatable bonds is 4. The van der Waals surface area contributed by atoms with Crippen LogP contribution in [0, 0.1) is 0 Å². The standard InChI is InChI=1S/C12H15BrN2O2S/c1-6(2-3-16)18-10-5-9-7(4-8(10)13)11(14)12(17)15-9/h4-6,11,16H,2-3,14H2,1H3,(H,15,17). The van der Waals surface area contributed by atoms with Crippen molar-refractivity contribution in [2.75, 3.05) is 11.9 Å². The third-order valence-corrected chi connectivity index (χ3v) is 4.99. The van der Waals surface area contributed by atoms with Gasteiger partial charge >= 0.3 is 0 Å². The Morgan fingerprint density at radius 2 is 2.33 bits per heavy atom. The van der Waals surface area contributed by atoms with E-state index in [1.807, 2.05) is 12.1 Å². The lowest BCUT2D eigenvalue weighted by Gasteiger charge is -2.12. The first-order valence-corrected chi connectivity index (χ1v) is 7.37. The molecule has 2 rings (SSSR count). The molecule has 2 unspecified atom stereocenters. The number of carbonyl (C=O) groups is 1. The number of nitrogens with one attached hydrogen (secondary N) is 1. The van der Waals surface area contributed by atoms with Crippen LogP contribution in [0.5, 0.6) is 0 Å². The highest BCUT2D eigenvalue weighted by Crippen LogP contribution is 2.39. The topological polar surface area (TPSA) is 75.3 Å². The van der Waals surface area contributed by atoms with Gasteiger partial charge in [-0.25, -0.2) is 0 Å². The molecule has 6 heteroatoms. The molecule has 1 aliphatic rings. The van der Waals surface area contributed by atoms with Gasteiger partial charge in [-0.1, -0.05) is 6.92 Å². The highest BCUT2D eigenvalue weighted by atomic mass is 79.9. The molecule has 0 saturated carbocycles. The highest BCUT2D eigenvalue weighted by Gasteiger charge is 2.28. The summed E-state index contributed by atoms with van der Waals surface area (Å²) in [5.41, 5.74) is 7.40. The van der Waals surface area contributed by atoms with Crippen molar-refractivity contribution in [3.8, 4) is 0 Å². The first-order valence-electron chi connectivity index (χ1n) is 5.70. The zero-order valence-corrected chi connectivity index (χ0v) is 12.3. The molecule has 0 bridgehead atoms. The maximum absolute atomic E-state index is 11.5. The lowest BCUT2D eigenvalue weighted by Crippen LogP contribution is -2.19. The number of aliphatic hydroxyl groups is 1. The van der Waals surface area contributed by atoms with Gasteiger partial charge in [-0.3, -0.25) is 4.79 Å². The zero-order chi connectivity index (χ0) is 13.3. The molecule has 4 nitrogen and oxygen atoms in total. The zero-order valence-electron chi connectivity index (χ0n) is 9.94. The van der Waals surface area contributed by atoms with Crippen LogP contribution in [-0.4, -0.2) is 22.9 Å². The maximum atomic E-state index is 11.5. The SMILES string of the molecule is CC(CCO)Sc1cc2c(cc1Br)C(N)C(=O)N2. The van der Waals surface area contributed by atoms with E-state index in [0.717, 1.165) is 27.0 Å². The Morgan fingerprint density at radius 3 is 3.00 bits per heavy atom. The van der Waals surface area contributed by atoms with E-state index in [1.165, 1.54) is 0 Å². The lowest BCUT2D eigenvalue weighted by molar-refractivity contribution is -0.116. The van der Waals surface area contributed by atoms with Gasteiger partial charge in [0.1, 0.15) is 6.04 Å². The second-order valence-electron chi connectivity index (χ2n) is 4.28. The third kappa shape index (κ3) is 2.71. The van der Waals surface area contributed by atoms with E-state index >= 15 is 0 Å². The molecule has 1 aliphatic heterocycles. The molecule has 1 aromatic rings. The van der Waals surface area contributed by atoms with Gasteiger partial charge in [0, 0.05) is 32.5 Å². The number of amides is 1. The number of thioether (sulfide) groups is 1. The fourth-order valence-corrected chi connectivity index (χ4v) is 3.49. The number of nitrogens with two attached hydrogens (primary N) is 1. The van der Waals surface area contributed by atoms with Gasteiger partial charge in [0.25, 0.3) is 0 Å². The van der Waals surface area contributed by atoms with Gasteiger partial charge in [0.15, 0.2) is 0 Å². The number of halogens is 1. The van der Waals surface area contributed by atoms with Crippen molar-refractivity contribution < 1.29 is 9.90 Å². The molecule has 0 radical (unpaired) electrons. The number of carbonyl (C=O) groups excluding carboxylic acids is 1. The largest absolute Gasteiger partial charge is 0.396 e. The van der Waals surface area contributed by atoms with E-state index in [2.05, 4.69) is 28.2 Å². The first-order chi connectivity index (χ1) is 8.52. The average molecular weight is 331 g/mol. The number of aliphatic hydroxyl groups excluding tert-OH is 1. The molecule has 1 heterocycles. The fraction of sp³-hybridized carbons (Fsp3) is 0.417. The second kappa shape index (κ2) is 5.61. The van der Waals surface area contributed by atoms with E-state index in [-0.39, 0.29) is 12.5 Å². The molecule has 0 fully saturated rings. The van der Waals surface area contributed by atoms with Gasteiger partial charge < -0.3 is 16.2 Å². The summed E-state index contributed by atoms with van der Waals surface area (Å²) >= 11 is 5.16. The molecule has 1 amide bonds. The number of hydrogen-bond donors (Lipinski definition) is 3. The summed E-state index contributed by atoms with van der Waals surface area (Å²) in [5.74, 6) is -0.164. The molecule has 0 aromatic heterocycles. The molecule has 1 aromatic carbocycles. The van der Waals surface area contributed by atoms with Gasteiger partial charge in [-0.05, 0) is 34.5 Å². The van der Waals surface area contributed by atoms with Crippen LogP contribution in [-0.2, 0) is 4.79 Å². The summed E-state index contributed by atoms with van der Waals surface area (Å²) in [5, 5.41) is 12.0. The quantitative estimate of drug-likeness (QED) is 0.740. The van der Waals surface area contributed by atoms with Crippen molar-refractivity contribution in [3.05, 3.63) is 22.2 Å². The Kier molecular flexibility index (Phi) is 4.32. The summed E-state index contributed by atoms with van der Waals surface area (Å²) in [6.45, 7) is 2.24. The average Bonchev–Trinajstić information content (AvgIpc) is 2.57. The van der Waals surface area contributed by atoms with Crippen LogP contribution in [0.25, 0.3) is 0 Å². The molecular weight excluding hydrogens is 316 g/mol. The van der Waals surface area contributed by atoms with Crippen LogP contribution < -0.4 is 11.1 Å². The van der Waals surface area contributed by atoms with E-state index < -0.39 is 6.04 Å². The second-order valence-corrected chi connectivity index (χ2v) is 6.61. The van der Waals surface area contributed by atoms with Crippen molar-refractivity contribution in [3.63, 3.8) is 0 Å². The maximum Gasteiger partial charge on any atom is 0.245 e. The van der Waals surface area contributed by atoms with Gasteiger partial charge in [0.2, 0.25) is 5.91 Å². The highest BCUT2D eigenvalue weighted by molar-refractivity contribution is 9.10. The minimum Gasteiger partial charge on any atom is -0.396 e. The Bertz CT molecular complexity index is 481. The summed E-state index contributed by atoms with van der Waals surface area (Å²) in [4.78, 5) is 12.5. The van der Waals surface area contributed by atoms with Gasteiger partial charge in [-0.2, -0.15) is 0 Å². The van der Waals surface area contributed by atoms with Crippen LogP contribution in [0.15, 0.2) is 21.5 Å². The predicted octanol–water partition coefficient (Wildman–Crippen LogP) is 2.26. The number of anilines is 1. The van der Waals surface area contributed by atoms with E-state index in [1.54, 1.807) is 11.8 Å². The van der Waals surface area contributed by atoms with E-state index in [4.69, 9.17) is 10.8 Å². The molecule has 0 saturated heterocycles. The molecular formula is C12H15BrN2O2S. The van der Waals surface area contributed by atoms with Gasteiger partial charge in [0.05, 0.1) is 0 Å². The minimum absolute atomic E-state index is 0.164. The Hall–Kier alpha value is -0.560. The monoisotopic (exact) mass is 330 g/mol. The van der Waals surface area contributed by atoms with E-state index in [0.29, 0.717) is 5.25 Å². The van der Waals surface area contributed by atoms with Crippen molar-refractivity contribution >= 4 is 39.3 Å². The Labute approximate surface area is 118 Å².